The Balaban J connectivity index is 1.65. The fourth-order valence-corrected chi connectivity index (χ4v) is 2.44. The van der Waals surface area contributed by atoms with E-state index >= 15 is 0 Å². The van der Waals surface area contributed by atoms with E-state index in [1.54, 1.807) is 30.7 Å². The summed E-state index contributed by atoms with van der Waals surface area (Å²) in [6.07, 6.45) is 7.69. The summed E-state index contributed by atoms with van der Waals surface area (Å²) in [7, 11) is 0. The lowest BCUT2D eigenvalue weighted by Crippen LogP contribution is -2.26. The second kappa shape index (κ2) is 8.05. The zero-order valence-electron chi connectivity index (χ0n) is 11.6. The molecule has 1 amide bonds. The number of aryl methyl sites for hydroxylation is 1. The van der Waals surface area contributed by atoms with E-state index in [1.165, 1.54) is 0 Å². The average Bonchev–Trinajstić information content (AvgIpc) is 2.95. The van der Waals surface area contributed by atoms with Gasteiger partial charge in [-0.2, -0.15) is 0 Å². The molecule has 1 aromatic carbocycles. The number of carbonyl (C=O) groups is 1. The molecule has 0 radical (unpaired) electrons. The summed E-state index contributed by atoms with van der Waals surface area (Å²) in [4.78, 5) is 15.8. The van der Waals surface area contributed by atoms with Crippen molar-refractivity contribution in [3.05, 3.63) is 52.5 Å². The van der Waals surface area contributed by atoms with E-state index < -0.39 is 0 Å². The summed E-state index contributed by atoms with van der Waals surface area (Å²) in [5.41, 5.74) is 0.789. The topological polar surface area (TPSA) is 46.9 Å². The highest BCUT2D eigenvalue weighted by molar-refractivity contribution is 6.35. The fraction of sp³-hybridized carbons (Fsp3) is 0.333. The van der Waals surface area contributed by atoms with Crippen molar-refractivity contribution in [3.63, 3.8) is 0 Å². The van der Waals surface area contributed by atoms with Gasteiger partial charge in [0, 0.05) is 35.5 Å². The fourth-order valence-electron chi connectivity index (χ4n) is 1.97. The minimum Gasteiger partial charge on any atom is -0.356 e. The highest BCUT2D eigenvalue weighted by Gasteiger charge is 2.07. The van der Waals surface area contributed by atoms with Crippen LogP contribution in [0.4, 0.5) is 0 Å². The van der Waals surface area contributed by atoms with E-state index in [1.807, 2.05) is 10.8 Å². The zero-order chi connectivity index (χ0) is 15.1. The van der Waals surface area contributed by atoms with Gasteiger partial charge in [-0.1, -0.05) is 29.3 Å². The summed E-state index contributed by atoms with van der Waals surface area (Å²) < 4.78 is 2.02. The van der Waals surface area contributed by atoms with Crippen molar-refractivity contribution in [1.82, 2.24) is 14.9 Å². The van der Waals surface area contributed by atoms with Crippen LogP contribution in [0.2, 0.25) is 10.0 Å². The van der Waals surface area contributed by atoms with Crippen LogP contribution in [-0.2, 0) is 17.8 Å². The van der Waals surface area contributed by atoms with E-state index in [0.717, 1.165) is 24.9 Å². The van der Waals surface area contributed by atoms with Crippen LogP contribution >= 0.6 is 23.2 Å². The highest BCUT2D eigenvalue weighted by Crippen LogP contribution is 2.21. The molecule has 1 aromatic heterocycles. The molecule has 0 fully saturated rings. The number of carbonyl (C=O) groups excluding carboxylic acids is 1. The zero-order valence-corrected chi connectivity index (χ0v) is 13.1. The molecule has 0 spiro atoms. The number of nitrogens with one attached hydrogen (secondary N) is 1. The number of imidazole rings is 1. The molecule has 112 valence electrons. The Kier molecular flexibility index (Phi) is 6.08. The van der Waals surface area contributed by atoms with Gasteiger partial charge in [-0.15, -0.1) is 0 Å². The van der Waals surface area contributed by atoms with Crippen LogP contribution in [0.15, 0.2) is 36.9 Å². The largest absolute Gasteiger partial charge is 0.356 e. The van der Waals surface area contributed by atoms with Crippen LogP contribution in [0.1, 0.15) is 18.4 Å². The first-order valence-electron chi connectivity index (χ1n) is 6.81. The van der Waals surface area contributed by atoms with Crippen molar-refractivity contribution < 1.29 is 4.79 Å². The van der Waals surface area contributed by atoms with Crippen LogP contribution in [0.3, 0.4) is 0 Å². The average molecular weight is 326 g/mol. The van der Waals surface area contributed by atoms with Crippen LogP contribution in [0, 0.1) is 0 Å². The van der Waals surface area contributed by atoms with E-state index in [2.05, 4.69) is 10.3 Å². The van der Waals surface area contributed by atoms with Gasteiger partial charge in [0.25, 0.3) is 0 Å². The van der Waals surface area contributed by atoms with E-state index in [0.29, 0.717) is 16.6 Å². The second-order valence-electron chi connectivity index (χ2n) is 4.77. The lowest BCUT2D eigenvalue weighted by Gasteiger charge is -2.07. The number of halogens is 2. The summed E-state index contributed by atoms with van der Waals surface area (Å²) in [5, 5.41) is 4.00. The van der Waals surface area contributed by atoms with Crippen molar-refractivity contribution in [2.24, 2.45) is 0 Å². The third kappa shape index (κ3) is 5.40. The predicted molar refractivity (Wildman–Crippen MR) is 84.6 cm³/mol. The number of aromatic nitrogens is 2. The molecule has 0 aliphatic heterocycles. The summed E-state index contributed by atoms with van der Waals surface area (Å²) in [6, 6.07) is 5.17. The molecule has 0 atom stereocenters. The highest BCUT2D eigenvalue weighted by atomic mass is 35.5. The smallest absolute Gasteiger partial charge is 0.224 e. The van der Waals surface area contributed by atoms with Crippen LogP contribution < -0.4 is 5.32 Å². The van der Waals surface area contributed by atoms with Crippen LogP contribution in [0.5, 0.6) is 0 Å². The SMILES string of the molecule is O=C(Cc1ccc(Cl)cc1Cl)NCCCCn1ccnc1. The van der Waals surface area contributed by atoms with E-state index in [-0.39, 0.29) is 12.3 Å². The molecular formula is C15H17Cl2N3O. The number of hydrogen-bond donors (Lipinski definition) is 1. The Hall–Kier alpha value is -1.52. The molecule has 0 aliphatic rings. The van der Waals surface area contributed by atoms with Crippen molar-refractivity contribution >= 4 is 29.1 Å². The third-order valence-electron chi connectivity index (χ3n) is 3.09. The minimum atomic E-state index is -0.0261. The number of rotatable bonds is 7. The first-order valence-corrected chi connectivity index (χ1v) is 7.57. The Morgan fingerprint density at radius 2 is 2.14 bits per heavy atom. The maximum atomic E-state index is 11.8. The molecule has 0 unspecified atom stereocenters. The van der Waals surface area contributed by atoms with Gasteiger partial charge in [-0.3, -0.25) is 4.79 Å². The Morgan fingerprint density at radius 1 is 1.29 bits per heavy atom. The molecule has 0 saturated carbocycles. The van der Waals surface area contributed by atoms with Crippen molar-refractivity contribution in [2.45, 2.75) is 25.8 Å². The van der Waals surface area contributed by atoms with Gasteiger partial charge in [0.2, 0.25) is 5.91 Å². The lowest BCUT2D eigenvalue weighted by molar-refractivity contribution is -0.120. The van der Waals surface area contributed by atoms with Gasteiger partial charge >= 0.3 is 0 Å². The van der Waals surface area contributed by atoms with Gasteiger partial charge in [-0.05, 0) is 30.5 Å². The summed E-state index contributed by atoms with van der Waals surface area (Å²) in [6.45, 7) is 1.58. The van der Waals surface area contributed by atoms with Gasteiger partial charge in [0.15, 0.2) is 0 Å². The molecule has 2 rings (SSSR count). The molecule has 1 N–H and O–H groups in total. The molecular weight excluding hydrogens is 309 g/mol. The van der Waals surface area contributed by atoms with E-state index in [4.69, 9.17) is 23.2 Å². The minimum absolute atomic E-state index is 0.0261. The number of hydrogen-bond acceptors (Lipinski definition) is 2. The van der Waals surface area contributed by atoms with Crippen molar-refractivity contribution in [1.29, 1.82) is 0 Å². The maximum Gasteiger partial charge on any atom is 0.224 e. The van der Waals surface area contributed by atoms with E-state index in [9.17, 15) is 4.79 Å². The second-order valence-corrected chi connectivity index (χ2v) is 5.61. The molecule has 0 saturated heterocycles. The van der Waals surface area contributed by atoms with Crippen LogP contribution in [-0.4, -0.2) is 22.0 Å². The Bertz CT molecular complexity index is 585. The monoisotopic (exact) mass is 325 g/mol. The quantitative estimate of drug-likeness (QED) is 0.794. The molecule has 0 aliphatic carbocycles. The van der Waals surface area contributed by atoms with Crippen LogP contribution in [0.25, 0.3) is 0 Å². The number of nitrogens with zero attached hydrogens (tertiary/aromatic N) is 2. The predicted octanol–water partition coefficient (Wildman–Crippen LogP) is 3.33. The molecule has 4 nitrogen and oxygen atoms in total. The Labute approximate surface area is 134 Å². The molecule has 2 aromatic rings. The standard InChI is InChI=1S/C15H17Cl2N3O/c16-13-4-3-12(14(17)10-13)9-15(21)19-5-1-2-7-20-8-6-18-11-20/h3-4,6,8,10-11H,1-2,5,7,9H2,(H,19,21). The molecule has 1 heterocycles. The normalized spacial score (nSPS) is 10.6. The summed E-state index contributed by atoms with van der Waals surface area (Å²) >= 11 is 11.9. The molecule has 6 heteroatoms. The van der Waals surface area contributed by atoms with Gasteiger partial charge < -0.3 is 9.88 Å². The molecule has 0 bridgehead atoms. The number of benzene rings is 1. The number of unbranched alkanes of at least 4 members (excludes halogenated alkanes) is 1. The first-order chi connectivity index (χ1) is 10.1. The van der Waals surface area contributed by atoms with Gasteiger partial charge in [-0.25, -0.2) is 4.98 Å². The van der Waals surface area contributed by atoms with Gasteiger partial charge in [0.1, 0.15) is 0 Å². The first kappa shape index (κ1) is 15.9. The molecule has 21 heavy (non-hydrogen) atoms. The van der Waals surface area contributed by atoms with Crippen molar-refractivity contribution in [3.8, 4) is 0 Å². The third-order valence-corrected chi connectivity index (χ3v) is 3.68. The van der Waals surface area contributed by atoms with Gasteiger partial charge in [0.05, 0.1) is 12.7 Å². The van der Waals surface area contributed by atoms with Crippen molar-refractivity contribution in [2.75, 3.05) is 6.54 Å². The maximum absolute atomic E-state index is 11.8. The number of amides is 1. The lowest BCUT2D eigenvalue weighted by atomic mass is 10.1. The summed E-state index contributed by atoms with van der Waals surface area (Å²) in [5.74, 6) is -0.0261. The Morgan fingerprint density at radius 3 is 2.86 bits per heavy atom.